The molecule has 0 bridgehead atoms. The van der Waals surface area contributed by atoms with Gasteiger partial charge in [0.15, 0.2) is 12.4 Å². The van der Waals surface area contributed by atoms with E-state index < -0.39 is 11.9 Å². The highest BCUT2D eigenvalue weighted by molar-refractivity contribution is 5.99. The van der Waals surface area contributed by atoms with Crippen LogP contribution in [-0.4, -0.2) is 33.4 Å². The first-order chi connectivity index (χ1) is 15.4. The molecule has 3 aromatic rings. The lowest BCUT2D eigenvalue weighted by Crippen LogP contribution is -2.26. The molecule has 164 valence electrons. The smallest absolute Gasteiger partial charge is 0.311 e. The van der Waals surface area contributed by atoms with Gasteiger partial charge in [0.25, 0.3) is 0 Å². The van der Waals surface area contributed by atoms with Crippen molar-refractivity contribution in [1.82, 2.24) is 15.0 Å². The number of esters is 1. The van der Waals surface area contributed by atoms with Crippen LogP contribution in [0, 0.1) is 19.8 Å². The second-order valence-corrected chi connectivity index (χ2v) is 7.72. The summed E-state index contributed by atoms with van der Waals surface area (Å²) in [6.45, 7) is 4.05. The van der Waals surface area contributed by atoms with Gasteiger partial charge in [0.2, 0.25) is 17.8 Å². The number of carbonyl (C=O) groups is 2. The number of nitrogen functional groups attached to an aromatic ring is 1. The van der Waals surface area contributed by atoms with Gasteiger partial charge < -0.3 is 20.7 Å². The maximum atomic E-state index is 12.6. The lowest BCUT2D eigenvalue weighted by Gasteiger charge is -2.16. The van der Waals surface area contributed by atoms with Crippen molar-refractivity contribution in [3.05, 3.63) is 65.5 Å². The number of aryl methyl sites for hydroxylation is 2. The molecule has 1 fully saturated rings. The van der Waals surface area contributed by atoms with E-state index in [9.17, 15) is 9.59 Å². The number of anilines is 4. The van der Waals surface area contributed by atoms with Gasteiger partial charge in [0, 0.05) is 24.3 Å². The Morgan fingerprint density at radius 3 is 2.62 bits per heavy atom. The second-order valence-electron chi connectivity index (χ2n) is 7.72. The van der Waals surface area contributed by atoms with Gasteiger partial charge in [0.05, 0.1) is 5.92 Å². The summed E-state index contributed by atoms with van der Waals surface area (Å²) in [4.78, 5) is 39.0. The minimum Gasteiger partial charge on any atom is -0.457 e. The summed E-state index contributed by atoms with van der Waals surface area (Å²) in [5.41, 5.74) is 9.52. The van der Waals surface area contributed by atoms with E-state index >= 15 is 0 Å². The van der Waals surface area contributed by atoms with Crippen molar-refractivity contribution < 1.29 is 14.3 Å². The largest absolute Gasteiger partial charge is 0.457 e. The molecular weight excluding hydrogens is 408 g/mol. The molecule has 1 saturated heterocycles. The van der Waals surface area contributed by atoms with Gasteiger partial charge in [-0.2, -0.15) is 15.0 Å². The van der Waals surface area contributed by atoms with Gasteiger partial charge in [0.1, 0.15) is 0 Å². The lowest BCUT2D eigenvalue weighted by molar-refractivity contribution is -0.149. The van der Waals surface area contributed by atoms with E-state index in [2.05, 4.69) is 20.3 Å². The molecule has 1 aliphatic heterocycles. The predicted octanol–water partition coefficient (Wildman–Crippen LogP) is 2.91. The summed E-state index contributed by atoms with van der Waals surface area (Å²) in [7, 11) is 0. The van der Waals surface area contributed by atoms with Crippen LogP contribution in [-0.2, 0) is 20.9 Å². The van der Waals surface area contributed by atoms with Crippen LogP contribution in [0.1, 0.15) is 23.4 Å². The van der Waals surface area contributed by atoms with Crippen LogP contribution in [0.4, 0.5) is 23.3 Å². The molecule has 0 radical (unpaired) electrons. The molecule has 1 atom stereocenters. The second kappa shape index (κ2) is 9.01. The Hall–Kier alpha value is -4.01. The number of nitrogens with one attached hydrogen (secondary N) is 1. The third-order valence-electron chi connectivity index (χ3n) is 5.24. The zero-order chi connectivity index (χ0) is 22.7. The average molecular weight is 432 g/mol. The molecule has 32 heavy (non-hydrogen) atoms. The standard InChI is InChI=1S/C23H24N6O3/c1-14-7-9-17(10-8-14)29-12-16(11-20(29)30)21(31)32-13-19-26-22(24)28-23(27-19)25-18-6-4-3-5-15(18)2/h3-10,16H,11-13H2,1-2H3,(H3,24,25,26,27,28)/t16-/m1/s1. The molecule has 1 aromatic heterocycles. The van der Waals surface area contributed by atoms with E-state index in [1.165, 1.54) is 0 Å². The average Bonchev–Trinajstić information content (AvgIpc) is 3.15. The van der Waals surface area contributed by atoms with Gasteiger partial charge in [-0.15, -0.1) is 0 Å². The fraction of sp³-hybridized carbons (Fsp3) is 0.261. The number of hydrogen-bond donors (Lipinski definition) is 2. The molecule has 0 unspecified atom stereocenters. The molecule has 2 aromatic carbocycles. The van der Waals surface area contributed by atoms with Crippen molar-refractivity contribution in [2.75, 3.05) is 22.5 Å². The van der Waals surface area contributed by atoms with Crippen LogP contribution in [0.15, 0.2) is 48.5 Å². The Bertz CT molecular complexity index is 1150. The van der Waals surface area contributed by atoms with Gasteiger partial charge in [-0.05, 0) is 37.6 Å². The molecule has 4 rings (SSSR count). The first-order valence-electron chi connectivity index (χ1n) is 10.3. The highest BCUT2D eigenvalue weighted by atomic mass is 16.5. The number of benzene rings is 2. The molecule has 9 nitrogen and oxygen atoms in total. The van der Waals surface area contributed by atoms with Crippen molar-refractivity contribution in [2.45, 2.75) is 26.9 Å². The molecule has 2 heterocycles. The fourth-order valence-corrected chi connectivity index (χ4v) is 3.49. The SMILES string of the molecule is Cc1ccc(N2C[C@H](C(=O)OCc3nc(N)nc(Nc4ccccc4C)n3)CC2=O)cc1. The lowest BCUT2D eigenvalue weighted by atomic mass is 10.1. The summed E-state index contributed by atoms with van der Waals surface area (Å²) < 4.78 is 5.39. The third kappa shape index (κ3) is 4.83. The van der Waals surface area contributed by atoms with Crippen molar-refractivity contribution in [2.24, 2.45) is 5.92 Å². The molecule has 1 amide bonds. The minimum absolute atomic E-state index is 0.0173. The number of para-hydroxylation sites is 1. The molecule has 3 N–H and O–H groups in total. The zero-order valence-electron chi connectivity index (χ0n) is 17.9. The quantitative estimate of drug-likeness (QED) is 0.570. The summed E-state index contributed by atoms with van der Waals surface area (Å²) in [6.07, 6.45) is 0.103. The van der Waals surface area contributed by atoms with Crippen LogP contribution in [0.5, 0.6) is 0 Å². The minimum atomic E-state index is -0.549. The Morgan fingerprint density at radius 1 is 1.12 bits per heavy atom. The number of nitrogens with two attached hydrogens (primary N) is 1. The third-order valence-corrected chi connectivity index (χ3v) is 5.24. The number of amides is 1. The number of hydrogen-bond acceptors (Lipinski definition) is 8. The number of rotatable bonds is 6. The van der Waals surface area contributed by atoms with Crippen molar-refractivity contribution in [3.63, 3.8) is 0 Å². The van der Waals surface area contributed by atoms with Gasteiger partial charge in [-0.1, -0.05) is 35.9 Å². The van der Waals surface area contributed by atoms with Crippen molar-refractivity contribution in [3.8, 4) is 0 Å². The molecule has 1 aliphatic rings. The molecule has 0 saturated carbocycles. The molecular formula is C23H24N6O3. The maximum Gasteiger partial charge on any atom is 0.311 e. The molecule has 0 aliphatic carbocycles. The summed E-state index contributed by atoms with van der Waals surface area (Å²) in [5.74, 6) is -0.623. The Balaban J connectivity index is 1.39. The van der Waals surface area contributed by atoms with Crippen LogP contribution in [0.2, 0.25) is 0 Å². The van der Waals surface area contributed by atoms with E-state index in [1.54, 1.807) is 4.90 Å². The van der Waals surface area contributed by atoms with Crippen LogP contribution in [0.3, 0.4) is 0 Å². The molecule has 0 spiro atoms. The van der Waals surface area contributed by atoms with Crippen molar-refractivity contribution in [1.29, 1.82) is 0 Å². The number of ether oxygens (including phenoxy) is 1. The van der Waals surface area contributed by atoms with Gasteiger partial charge in [-0.3, -0.25) is 9.59 Å². The summed E-state index contributed by atoms with van der Waals surface area (Å²) >= 11 is 0. The first-order valence-corrected chi connectivity index (χ1v) is 10.3. The van der Waals surface area contributed by atoms with Crippen LogP contribution in [0.25, 0.3) is 0 Å². The number of carbonyl (C=O) groups excluding carboxylic acids is 2. The molecule has 9 heteroatoms. The van der Waals surface area contributed by atoms with E-state index in [4.69, 9.17) is 10.5 Å². The van der Waals surface area contributed by atoms with Gasteiger partial charge >= 0.3 is 5.97 Å². The Morgan fingerprint density at radius 2 is 1.88 bits per heavy atom. The number of nitrogens with zero attached hydrogens (tertiary/aromatic N) is 4. The van der Waals surface area contributed by atoms with Gasteiger partial charge in [-0.25, -0.2) is 0 Å². The van der Waals surface area contributed by atoms with Crippen LogP contribution >= 0.6 is 0 Å². The predicted molar refractivity (Wildman–Crippen MR) is 120 cm³/mol. The van der Waals surface area contributed by atoms with E-state index in [0.29, 0.717) is 0 Å². The van der Waals surface area contributed by atoms with Crippen LogP contribution < -0.4 is 16.0 Å². The zero-order valence-corrected chi connectivity index (χ0v) is 17.9. The maximum absolute atomic E-state index is 12.6. The Kier molecular flexibility index (Phi) is 5.98. The fourth-order valence-electron chi connectivity index (χ4n) is 3.49. The van der Waals surface area contributed by atoms with E-state index in [1.807, 2.05) is 62.4 Å². The van der Waals surface area contributed by atoms with E-state index in [0.717, 1.165) is 22.5 Å². The monoisotopic (exact) mass is 432 g/mol. The topological polar surface area (TPSA) is 123 Å². The summed E-state index contributed by atoms with van der Waals surface area (Å²) in [6, 6.07) is 15.3. The highest BCUT2D eigenvalue weighted by Crippen LogP contribution is 2.26. The summed E-state index contributed by atoms with van der Waals surface area (Å²) in [5, 5.41) is 3.10. The van der Waals surface area contributed by atoms with Crippen molar-refractivity contribution >= 4 is 35.1 Å². The highest BCUT2D eigenvalue weighted by Gasteiger charge is 2.36. The normalized spacial score (nSPS) is 15.6. The first kappa shape index (κ1) is 21.2. The van der Waals surface area contributed by atoms with E-state index in [-0.39, 0.29) is 43.2 Å². The number of aromatic nitrogens is 3. The Labute approximate surface area is 185 Å².